The molecule has 0 unspecified atom stereocenters. The van der Waals surface area contributed by atoms with Crippen molar-refractivity contribution in [3.8, 4) is 0 Å². The number of para-hydroxylation sites is 2. The number of hydrogen-bond acceptors (Lipinski definition) is 0. The average molecular weight is 696 g/mol. The van der Waals surface area contributed by atoms with Crippen LogP contribution in [0.15, 0.2) is 109 Å². The van der Waals surface area contributed by atoms with Crippen LogP contribution in [-0.2, 0) is 33.2 Å². The van der Waals surface area contributed by atoms with Crippen LogP contribution in [0.2, 0.25) is 0 Å². The Morgan fingerprint density at radius 2 is 0.923 bits per heavy atom. The maximum Gasteiger partial charge on any atom is 1.00 e. The normalized spacial score (nSPS) is 13.0. The van der Waals surface area contributed by atoms with Crippen molar-refractivity contribution >= 4 is 39.2 Å². The summed E-state index contributed by atoms with van der Waals surface area (Å²) in [6, 6.07) is 37.0. The van der Waals surface area contributed by atoms with Gasteiger partial charge in [0.2, 0.25) is 11.4 Å². The summed E-state index contributed by atoms with van der Waals surface area (Å²) in [5, 5.41) is 2.56. The minimum Gasteiger partial charge on any atom is -0.657 e. The van der Waals surface area contributed by atoms with Gasteiger partial charge in [-0.25, -0.2) is 0 Å². The third kappa shape index (κ3) is 6.41. The second kappa shape index (κ2) is 11.3. The van der Waals surface area contributed by atoms with Crippen molar-refractivity contribution in [2.75, 3.05) is 0 Å². The molecule has 0 atom stereocenters. The molecule has 0 N–H and O–H groups in total. The molecule has 6 rings (SSSR count). The van der Waals surface area contributed by atoms with Gasteiger partial charge in [0.15, 0.2) is 0 Å². The summed E-state index contributed by atoms with van der Waals surface area (Å²) in [5.41, 5.74) is 7.49. The van der Waals surface area contributed by atoms with Crippen molar-refractivity contribution in [1.82, 2.24) is 4.98 Å². The first-order valence-corrected chi connectivity index (χ1v) is 13.2. The van der Waals surface area contributed by atoms with E-state index < -0.39 is 0 Å². The van der Waals surface area contributed by atoms with Crippen LogP contribution < -0.4 is 4.98 Å². The summed E-state index contributed by atoms with van der Waals surface area (Å²) in [6.07, 6.45) is 4.00. The molecule has 0 fully saturated rings. The number of fused-ring (bicyclic) bond motifs is 3. The van der Waals surface area contributed by atoms with E-state index >= 15 is 0 Å². The van der Waals surface area contributed by atoms with Crippen LogP contribution in [0.1, 0.15) is 52.7 Å². The van der Waals surface area contributed by atoms with Gasteiger partial charge in [0.25, 0.3) is 12.4 Å². The molecule has 0 aliphatic carbocycles. The largest absolute Gasteiger partial charge is 1.00 e. The predicted octanol–water partition coefficient (Wildman–Crippen LogP) is 8.88. The second-order valence-electron chi connectivity index (χ2n) is 11.9. The molecule has 200 valence electrons. The Hall–Kier alpha value is -3.46. The summed E-state index contributed by atoms with van der Waals surface area (Å²) in [4.78, 5) is 4.76. The molecule has 0 bridgehead atoms. The van der Waals surface area contributed by atoms with Crippen molar-refractivity contribution < 1.29 is 31.5 Å². The third-order valence-electron chi connectivity index (χ3n) is 6.91. The standard InChI is InChI=1S/C20H24N.C15H12N2.Au/c1-19(2,3)13-7-9-17-15(11-13)16-12-14(20(4,5)6)8-10-18(16)21-17;1-3-7-14(8-4-1)16-11-12-17(13-16)15-9-5-2-6-10-15;/h7-12H,1-6H3;1-12H;/q-1;+2;+1. The molecule has 0 spiro atoms. The van der Waals surface area contributed by atoms with E-state index in [9.17, 15) is 0 Å². The zero-order valence-corrected chi connectivity index (χ0v) is 25.7. The first kappa shape index (κ1) is 28.5. The average Bonchev–Trinajstić information content (AvgIpc) is 3.54. The Morgan fingerprint density at radius 1 is 0.538 bits per heavy atom. The molecule has 0 saturated heterocycles. The molecule has 4 heteroatoms. The zero-order valence-electron chi connectivity index (χ0n) is 23.5. The van der Waals surface area contributed by atoms with E-state index in [-0.39, 0.29) is 33.2 Å². The Bertz CT molecular complexity index is 1570. The molecule has 1 aromatic heterocycles. The molecule has 4 aromatic carbocycles. The maximum absolute atomic E-state index is 4.76. The van der Waals surface area contributed by atoms with E-state index in [1.165, 1.54) is 21.9 Å². The fourth-order valence-corrected chi connectivity index (χ4v) is 4.54. The van der Waals surface area contributed by atoms with Crippen molar-refractivity contribution in [3.63, 3.8) is 0 Å². The van der Waals surface area contributed by atoms with Crippen molar-refractivity contribution in [2.24, 2.45) is 0 Å². The van der Waals surface area contributed by atoms with Gasteiger partial charge in [-0.3, -0.25) is 0 Å². The van der Waals surface area contributed by atoms with E-state index in [2.05, 4.69) is 108 Å². The van der Waals surface area contributed by atoms with E-state index in [1.54, 1.807) is 0 Å². The molecule has 0 saturated carbocycles. The molecule has 2 heterocycles. The monoisotopic (exact) mass is 695 g/mol. The molecular weight excluding hydrogens is 659 g/mol. The Kier molecular flexibility index (Phi) is 8.30. The fraction of sp³-hybridized carbons (Fsp3) is 0.229. The van der Waals surface area contributed by atoms with Crippen LogP contribution in [0.3, 0.4) is 0 Å². The van der Waals surface area contributed by atoms with Gasteiger partial charge < -0.3 is 4.98 Å². The molecule has 1 aliphatic rings. The molecular formula is C35H36AuN3+2. The zero-order chi connectivity index (χ0) is 26.9. The van der Waals surface area contributed by atoms with Crippen molar-refractivity contribution in [3.05, 3.63) is 121 Å². The van der Waals surface area contributed by atoms with Crippen LogP contribution in [0.25, 0.3) is 21.8 Å². The SMILES string of the molecule is C1=[N+](c2ccccc2)C=C[N+]=1c1ccccc1.CC(C)(C)c1ccc2[n-]c3ccc(C(C)(C)C)cc3c2c1.[Au+]. The smallest absolute Gasteiger partial charge is 0.657 e. The quantitative estimate of drug-likeness (QED) is 0.134. The first-order chi connectivity index (χ1) is 18.1. The van der Waals surface area contributed by atoms with Gasteiger partial charge in [-0.15, -0.1) is 11.0 Å². The van der Waals surface area contributed by atoms with Crippen LogP contribution in [-0.4, -0.2) is 15.2 Å². The first-order valence-electron chi connectivity index (χ1n) is 13.2. The summed E-state index contributed by atoms with van der Waals surface area (Å²) < 4.78 is 3.96. The number of hydrogen-bond donors (Lipinski definition) is 0. The van der Waals surface area contributed by atoms with Gasteiger partial charge in [-0.2, -0.15) is 0 Å². The van der Waals surface area contributed by atoms with Gasteiger partial charge in [0.1, 0.15) is 0 Å². The van der Waals surface area contributed by atoms with Gasteiger partial charge in [-0.1, -0.05) is 123 Å². The van der Waals surface area contributed by atoms with Gasteiger partial charge in [0.05, 0.1) is 0 Å². The van der Waals surface area contributed by atoms with E-state index in [4.69, 9.17) is 4.98 Å². The second-order valence-corrected chi connectivity index (χ2v) is 11.9. The summed E-state index contributed by atoms with van der Waals surface area (Å²) in [5.74, 6) is 0. The van der Waals surface area contributed by atoms with Crippen molar-refractivity contribution in [1.29, 1.82) is 0 Å². The number of nitrogens with zero attached hydrogens (tertiary/aromatic N) is 3. The van der Waals surface area contributed by atoms with Crippen LogP contribution in [0.5, 0.6) is 0 Å². The predicted molar refractivity (Wildman–Crippen MR) is 159 cm³/mol. The third-order valence-corrected chi connectivity index (χ3v) is 6.91. The van der Waals surface area contributed by atoms with E-state index in [1.807, 2.05) is 57.9 Å². The summed E-state index contributed by atoms with van der Waals surface area (Å²) in [6.45, 7) is 13.5. The molecule has 39 heavy (non-hydrogen) atoms. The summed E-state index contributed by atoms with van der Waals surface area (Å²) in [7, 11) is 0. The molecule has 3 nitrogen and oxygen atoms in total. The molecule has 0 amide bonds. The minimum absolute atomic E-state index is 0. The minimum atomic E-state index is 0. The van der Waals surface area contributed by atoms with Crippen LogP contribution >= 0.6 is 0 Å². The van der Waals surface area contributed by atoms with Gasteiger partial charge in [-0.05, 0) is 32.7 Å². The number of rotatable bonds is 2. The van der Waals surface area contributed by atoms with Crippen molar-refractivity contribution in [2.45, 2.75) is 52.4 Å². The fourth-order valence-electron chi connectivity index (χ4n) is 4.54. The summed E-state index contributed by atoms with van der Waals surface area (Å²) >= 11 is 0. The van der Waals surface area contributed by atoms with E-state index in [0.29, 0.717) is 0 Å². The topological polar surface area (TPSA) is 20.1 Å². The molecule has 1 aliphatic heterocycles. The van der Waals surface area contributed by atoms with Gasteiger partial charge in [0, 0.05) is 24.3 Å². The number of aromatic nitrogens is 1. The van der Waals surface area contributed by atoms with Crippen LogP contribution in [0, 0.1) is 0 Å². The van der Waals surface area contributed by atoms with Crippen LogP contribution in [0.4, 0.5) is 11.4 Å². The molecule has 0 radical (unpaired) electrons. The maximum atomic E-state index is 4.76. The Balaban J connectivity index is 0.000000180. The Labute approximate surface area is 247 Å². The number of benzene rings is 4. The van der Waals surface area contributed by atoms with E-state index in [0.717, 1.165) is 22.4 Å². The Morgan fingerprint density at radius 3 is 1.28 bits per heavy atom. The molecule has 5 aromatic rings. The van der Waals surface area contributed by atoms with Gasteiger partial charge >= 0.3 is 28.4 Å².